The number of hydrogen-bond donors (Lipinski definition) is 1. The monoisotopic (exact) mass is 255 g/mol. The second kappa shape index (κ2) is 5.17. The number of imidazole rings is 1. The molecule has 1 aromatic heterocycles. The fraction of sp³-hybridized carbons (Fsp3) is 0.438. The van der Waals surface area contributed by atoms with Crippen LogP contribution in [0.15, 0.2) is 30.5 Å². The van der Waals surface area contributed by atoms with E-state index in [1.807, 2.05) is 6.20 Å². The summed E-state index contributed by atoms with van der Waals surface area (Å²) in [4.78, 5) is 4.67. The number of nitrogens with zero attached hydrogens (tertiary/aromatic N) is 2. The molecule has 3 heteroatoms. The van der Waals surface area contributed by atoms with E-state index in [-0.39, 0.29) is 0 Å². The van der Waals surface area contributed by atoms with E-state index in [2.05, 4.69) is 53.1 Å². The van der Waals surface area contributed by atoms with Gasteiger partial charge in [-0.15, -0.1) is 0 Å². The van der Waals surface area contributed by atoms with Crippen molar-refractivity contribution < 1.29 is 0 Å². The molecule has 3 nitrogen and oxygen atoms in total. The number of aromatic nitrogens is 2. The van der Waals surface area contributed by atoms with Crippen molar-refractivity contribution in [3.8, 4) is 11.3 Å². The Hall–Kier alpha value is -1.61. The van der Waals surface area contributed by atoms with E-state index in [1.165, 1.54) is 35.5 Å². The number of aryl methyl sites for hydroxylation is 1. The largest absolute Gasteiger partial charge is 0.331 e. The molecule has 0 unspecified atom stereocenters. The topological polar surface area (TPSA) is 29.9 Å². The first-order chi connectivity index (χ1) is 9.25. The Morgan fingerprint density at radius 2 is 1.84 bits per heavy atom. The highest BCUT2D eigenvalue weighted by Gasteiger charge is 2.20. The van der Waals surface area contributed by atoms with Crippen LogP contribution < -0.4 is 5.32 Å². The quantitative estimate of drug-likeness (QED) is 0.894. The summed E-state index contributed by atoms with van der Waals surface area (Å²) in [6, 6.07) is 8.68. The Bertz CT molecular complexity index is 548. The van der Waals surface area contributed by atoms with Gasteiger partial charge in [0.1, 0.15) is 5.82 Å². The third-order valence-electron chi connectivity index (χ3n) is 4.08. The summed E-state index contributed by atoms with van der Waals surface area (Å²) < 4.78 is 2.26. The van der Waals surface area contributed by atoms with Gasteiger partial charge in [-0.25, -0.2) is 4.98 Å². The molecule has 100 valence electrons. The van der Waals surface area contributed by atoms with Crippen LogP contribution in [0.25, 0.3) is 11.3 Å². The van der Waals surface area contributed by atoms with Gasteiger partial charge >= 0.3 is 0 Å². The summed E-state index contributed by atoms with van der Waals surface area (Å²) in [5, 5.41) is 3.41. The maximum Gasteiger partial charge on any atom is 0.112 e. The first-order valence-electron chi connectivity index (χ1n) is 7.05. The Morgan fingerprint density at radius 3 is 2.53 bits per heavy atom. The third-order valence-corrected chi connectivity index (χ3v) is 4.08. The van der Waals surface area contributed by atoms with Gasteiger partial charge in [-0.05, 0) is 38.4 Å². The molecule has 1 saturated heterocycles. The minimum Gasteiger partial charge on any atom is -0.331 e. The van der Waals surface area contributed by atoms with Crippen LogP contribution in [0.3, 0.4) is 0 Å². The Balaban J connectivity index is 1.91. The number of benzene rings is 1. The Kier molecular flexibility index (Phi) is 3.38. The zero-order valence-electron chi connectivity index (χ0n) is 11.7. The highest BCUT2D eigenvalue weighted by atomic mass is 15.1. The Morgan fingerprint density at radius 1 is 1.16 bits per heavy atom. The molecule has 0 spiro atoms. The fourth-order valence-corrected chi connectivity index (χ4v) is 2.88. The van der Waals surface area contributed by atoms with Gasteiger partial charge < -0.3 is 9.88 Å². The molecule has 0 atom stereocenters. The smallest absolute Gasteiger partial charge is 0.112 e. The summed E-state index contributed by atoms with van der Waals surface area (Å²) in [5.41, 5.74) is 3.76. The van der Waals surface area contributed by atoms with Gasteiger partial charge in [0.2, 0.25) is 0 Å². The molecule has 0 bridgehead atoms. The maximum atomic E-state index is 4.67. The molecule has 1 aliphatic heterocycles. The van der Waals surface area contributed by atoms with Crippen molar-refractivity contribution in [3.05, 3.63) is 41.9 Å². The summed E-state index contributed by atoms with van der Waals surface area (Å²) in [5.74, 6) is 1.84. The van der Waals surface area contributed by atoms with Crippen molar-refractivity contribution in [2.45, 2.75) is 25.7 Å². The van der Waals surface area contributed by atoms with Crippen molar-refractivity contribution >= 4 is 0 Å². The second-order valence-corrected chi connectivity index (χ2v) is 5.45. The third kappa shape index (κ3) is 2.43. The number of nitrogens with one attached hydrogen (secondary N) is 1. The van der Waals surface area contributed by atoms with Gasteiger partial charge in [-0.3, -0.25) is 0 Å². The number of hydrogen-bond acceptors (Lipinski definition) is 2. The zero-order chi connectivity index (χ0) is 13.2. The van der Waals surface area contributed by atoms with E-state index < -0.39 is 0 Å². The predicted molar refractivity (Wildman–Crippen MR) is 78.2 cm³/mol. The van der Waals surface area contributed by atoms with Crippen LogP contribution in [0.5, 0.6) is 0 Å². The SMILES string of the molecule is Cc1ccc(-c2cnc(C3CCNCC3)n2C)cc1. The van der Waals surface area contributed by atoms with Crippen molar-refractivity contribution in [2.75, 3.05) is 13.1 Å². The molecule has 2 heterocycles. The van der Waals surface area contributed by atoms with E-state index in [0.29, 0.717) is 5.92 Å². The lowest BCUT2D eigenvalue weighted by atomic mass is 9.97. The maximum absolute atomic E-state index is 4.67. The van der Waals surface area contributed by atoms with Crippen molar-refractivity contribution in [3.63, 3.8) is 0 Å². The lowest BCUT2D eigenvalue weighted by molar-refractivity contribution is 0.437. The number of piperidine rings is 1. The molecule has 0 amide bonds. The first kappa shape index (κ1) is 12.4. The molecule has 1 aromatic carbocycles. The standard InChI is InChI=1S/C16H21N3/c1-12-3-5-13(6-4-12)15-11-18-16(19(15)2)14-7-9-17-10-8-14/h3-6,11,14,17H,7-10H2,1-2H3. The minimum atomic E-state index is 0.602. The van der Waals surface area contributed by atoms with Gasteiger partial charge in [0.15, 0.2) is 0 Å². The molecule has 1 aliphatic rings. The fourth-order valence-electron chi connectivity index (χ4n) is 2.88. The van der Waals surface area contributed by atoms with E-state index in [4.69, 9.17) is 0 Å². The molecule has 0 aliphatic carbocycles. The first-order valence-corrected chi connectivity index (χ1v) is 7.05. The molecule has 3 rings (SSSR count). The van der Waals surface area contributed by atoms with E-state index >= 15 is 0 Å². The molecule has 19 heavy (non-hydrogen) atoms. The summed E-state index contributed by atoms with van der Waals surface area (Å²) in [7, 11) is 2.14. The highest BCUT2D eigenvalue weighted by Crippen LogP contribution is 2.28. The summed E-state index contributed by atoms with van der Waals surface area (Å²) >= 11 is 0. The van der Waals surface area contributed by atoms with Gasteiger partial charge in [-0.1, -0.05) is 29.8 Å². The Labute approximate surface area is 114 Å². The lowest BCUT2D eigenvalue weighted by Gasteiger charge is -2.22. The minimum absolute atomic E-state index is 0.602. The molecule has 0 saturated carbocycles. The van der Waals surface area contributed by atoms with Crippen molar-refractivity contribution in [1.29, 1.82) is 0 Å². The van der Waals surface area contributed by atoms with Gasteiger partial charge in [0.25, 0.3) is 0 Å². The van der Waals surface area contributed by atoms with Crippen LogP contribution in [0.2, 0.25) is 0 Å². The predicted octanol–water partition coefficient (Wildman–Crippen LogP) is 2.86. The van der Waals surface area contributed by atoms with Gasteiger partial charge in [0.05, 0.1) is 11.9 Å². The van der Waals surface area contributed by atoms with Crippen LogP contribution in [0.4, 0.5) is 0 Å². The van der Waals surface area contributed by atoms with Crippen LogP contribution >= 0.6 is 0 Å². The van der Waals surface area contributed by atoms with Crippen LogP contribution in [-0.4, -0.2) is 22.6 Å². The molecular formula is C16H21N3. The summed E-state index contributed by atoms with van der Waals surface area (Å²) in [6.45, 7) is 4.34. The van der Waals surface area contributed by atoms with Crippen LogP contribution in [0, 0.1) is 6.92 Å². The summed E-state index contributed by atoms with van der Waals surface area (Å²) in [6.07, 6.45) is 4.40. The lowest BCUT2D eigenvalue weighted by Crippen LogP contribution is -2.27. The van der Waals surface area contributed by atoms with Crippen molar-refractivity contribution in [2.24, 2.45) is 7.05 Å². The normalized spacial score (nSPS) is 16.7. The average Bonchev–Trinajstić information content (AvgIpc) is 2.83. The van der Waals surface area contributed by atoms with E-state index in [9.17, 15) is 0 Å². The van der Waals surface area contributed by atoms with Crippen molar-refractivity contribution in [1.82, 2.24) is 14.9 Å². The van der Waals surface area contributed by atoms with Crippen LogP contribution in [0.1, 0.15) is 30.1 Å². The van der Waals surface area contributed by atoms with E-state index in [1.54, 1.807) is 0 Å². The molecule has 0 radical (unpaired) electrons. The molecule has 1 N–H and O–H groups in total. The van der Waals surface area contributed by atoms with Crippen LogP contribution in [-0.2, 0) is 7.05 Å². The van der Waals surface area contributed by atoms with Gasteiger partial charge in [0, 0.05) is 13.0 Å². The molecular weight excluding hydrogens is 234 g/mol. The average molecular weight is 255 g/mol. The second-order valence-electron chi connectivity index (χ2n) is 5.45. The number of rotatable bonds is 2. The van der Waals surface area contributed by atoms with E-state index in [0.717, 1.165) is 13.1 Å². The molecule has 1 fully saturated rings. The molecule has 2 aromatic rings. The highest BCUT2D eigenvalue weighted by molar-refractivity contribution is 5.59. The zero-order valence-corrected chi connectivity index (χ0v) is 11.7. The van der Waals surface area contributed by atoms with Gasteiger partial charge in [-0.2, -0.15) is 0 Å².